The minimum absolute atomic E-state index is 0.183. The Kier molecular flexibility index (Phi) is 1.67. The van der Waals surface area contributed by atoms with E-state index in [9.17, 15) is 9.90 Å². The Morgan fingerprint density at radius 2 is 2.30 bits per heavy atom. The Morgan fingerprint density at radius 3 is 2.70 bits per heavy atom. The first kappa shape index (κ1) is 6.74. The zero-order valence-electron chi connectivity index (χ0n) is 5.57. The summed E-state index contributed by atoms with van der Waals surface area (Å²) >= 11 is 0. The Bertz CT molecular complexity index is 258. The monoisotopic (exact) mass is 137 g/mol. The van der Waals surface area contributed by atoms with Crippen molar-refractivity contribution in [2.24, 2.45) is 7.05 Å². The van der Waals surface area contributed by atoms with Gasteiger partial charge in [0.05, 0.1) is 0 Å². The Balaban J connectivity index is 3.15. The number of rotatable bonds is 1. The summed E-state index contributed by atoms with van der Waals surface area (Å²) in [7, 11) is 1.66. The van der Waals surface area contributed by atoms with E-state index in [0.717, 1.165) is 0 Å². The van der Waals surface area contributed by atoms with Gasteiger partial charge in [-0.1, -0.05) is 0 Å². The van der Waals surface area contributed by atoms with Gasteiger partial charge < -0.3 is 9.90 Å². The van der Waals surface area contributed by atoms with Crippen LogP contribution in [0.15, 0.2) is 24.4 Å². The van der Waals surface area contributed by atoms with Crippen molar-refractivity contribution in [2.75, 3.05) is 0 Å². The van der Waals surface area contributed by atoms with Gasteiger partial charge in [0, 0.05) is 12.1 Å². The second kappa shape index (κ2) is 2.47. The molecule has 0 fully saturated rings. The van der Waals surface area contributed by atoms with Crippen LogP contribution < -0.4 is 9.67 Å². The largest absolute Gasteiger partial charge is 0.539 e. The first-order valence-electron chi connectivity index (χ1n) is 2.88. The van der Waals surface area contributed by atoms with Crippen molar-refractivity contribution in [3.63, 3.8) is 0 Å². The van der Waals surface area contributed by atoms with Crippen LogP contribution in [0, 0.1) is 0 Å². The van der Waals surface area contributed by atoms with Crippen molar-refractivity contribution in [2.45, 2.75) is 0 Å². The molecule has 1 aromatic rings. The Labute approximate surface area is 58.5 Å². The number of aryl methyl sites for hydroxylation is 1. The normalized spacial score (nSPS) is 9.30. The molecule has 0 bridgehead atoms. The van der Waals surface area contributed by atoms with Gasteiger partial charge in [-0.25, -0.2) is 0 Å². The third-order valence-corrected chi connectivity index (χ3v) is 1.26. The van der Waals surface area contributed by atoms with Gasteiger partial charge in [0.1, 0.15) is 13.0 Å². The van der Waals surface area contributed by atoms with Gasteiger partial charge in [-0.05, 0) is 6.07 Å². The second-order valence-corrected chi connectivity index (χ2v) is 1.98. The molecule has 0 aromatic carbocycles. The van der Waals surface area contributed by atoms with Gasteiger partial charge in [0.25, 0.3) is 0 Å². The van der Waals surface area contributed by atoms with Crippen LogP contribution in [-0.2, 0) is 7.05 Å². The molecule has 52 valence electrons. The number of carbonyl (C=O) groups is 1. The molecular formula is C7H7NO2. The fourth-order valence-corrected chi connectivity index (χ4v) is 0.735. The molecule has 0 aliphatic carbocycles. The fourth-order valence-electron chi connectivity index (χ4n) is 0.735. The maximum Gasteiger partial charge on any atom is 0.227 e. The summed E-state index contributed by atoms with van der Waals surface area (Å²) in [6.07, 6.45) is 1.66. The highest BCUT2D eigenvalue weighted by atomic mass is 16.4. The number of pyridine rings is 1. The van der Waals surface area contributed by atoms with Crippen molar-refractivity contribution in [3.8, 4) is 0 Å². The van der Waals surface area contributed by atoms with Gasteiger partial charge in [-0.15, -0.1) is 0 Å². The number of nitrogens with zero attached hydrogens (tertiary/aromatic N) is 1. The van der Waals surface area contributed by atoms with Crippen LogP contribution in [-0.4, -0.2) is 5.97 Å². The number of aromatic carboxylic acids is 1. The van der Waals surface area contributed by atoms with Gasteiger partial charge in [0.15, 0.2) is 6.20 Å². The van der Waals surface area contributed by atoms with Crippen LogP contribution in [0.4, 0.5) is 0 Å². The predicted molar refractivity (Wildman–Crippen MR) is 31.9 cm³/mol. The average Bonchev–Trinajstić information content (AvgIpc) is 1.88. The molecule has 0 N–H and O–H groups in total. The molecule has 0 saturated carbocycles. The average molecular weight is 137 g/mol. The van der Waals surface area contributed by atoms with Gasteiger partial charge in [0.2, 0.25) is 5.69 Å². The lowest BCUT2D eigenvalue weighted by atomic mass is 10.3. The van der Waals surface area contributed by atoms with Crippen LogP contribution in [0.5, 0.6) is 0 Å². The van der Waals surface area contributed by atoms with Gasteiger partial charge in [-0.3, -0.25) is 0 Å². The number of carbonyl (C=O) groups excluding carboxylic acids is 1. The number of carboxylic acids is 1. The van der Waals surface area contributed by atoms with Gasteiger partial charge >= 0.3 is 0 Å². The maximum atomic E-state index is 10.3. The molecule has 0 radical (unpaired) electrons. The smallest absolute Gasteiger partial charge is 0.227 e. The quantitative estimate of drug-likeness (QED) is 0.460. The highest BCUT2D eigenvalue weighted by Gasteiger charge is 2.02. The first-order valence-corrected chi connectivity index (χ1v) is 2.88. The molecule has 0 atom stereocenters. The molecule has 0 saturated heterocycles. The topological polar surface area (TPSA) is 44.0 Å². The number of hydrogen-bond donors (Lipinski definition) is 0. The lowest BCUT2D eigenvalue weighted by Crippen LogP contribution is -2.40. The zero-order valence-corrected chi connectivity index (χ0v) is 5.57. The lowest BCUT2D eigenvalue weighted by molar-refractivity contribution is -0.676. The summed E-state index contributed by atoms with van der Waals surface area (Å²) in [6.45, 7) is 0. The second-order valence-electron chi connectivity index (χ2n) is 1.98. The molecule has 1 rings (SSSR count). The number of carboxylic acid groups (broad SMARTS) is 1. The van der Waals surface area contributed by atoms with Crippen molar-refractivity contribution < 1.29 is 14.5 Å². The molecule has 0 aliphatic heterocycles. The van der Waals surface area contributed by atoms with Crippen LogP contribution >= 0.6 is 0 Å². The third-order valence-electron chi connectivity index (χ3n) is 1.26. The molecule has 0 unspecified atom stereocenters. The highest BCUT2D eigenvalue weighted by molar-refractivity contribution is 5.81. The Hall–Kier alpha value is -1.38. The van der Waals surface area contributed by atoms with E-state index in [0.29, 0.717) is 0 Å². The summed E-state index contributed by atoms with van der Waals surface area (Å²) in [5.41, 5.74) is 0.183. The van der Waals surface area contributed by atoms with Crippen LogP contribution in [0.1, 0.15) is 10.5 Å². The predicted octanol–water partition coefficient (Wildman–Crippen LogP) is -1.13. The van der Waals surface area contributed by atoms with Crippen molar-refractivity contribution in [3.05, 3.63) is 30.1 Å². The summed E-state index contributed by atoms with van der Waals surface area (Å²) in [4.78, 5) is 10.3. The molecule has 1 heterocycles. The van der Waals surface area contributed by atoms with Crippen LogP contribution in [0.3, 0.4) is 0 Å². The lowest BCUT2D eigenvalue weighted by Gasteiger charge is -1.97. The summed E-state index contributed by atoms with van der Waals surface area (Å²) < 4.78 is 1.50. The standard InChI is InChI=1S/C7H7NO2/c1-8-5-3-2-4-6(8)7(9)10/h2-5H,1H3. The summed E-state index contributed by atoms with van der Waals surface area (Å²) in [5.74, 6) is -1.15. The van der Waals surface area contributed by atoms with E-state index < -0.39 is 5.97 Å². The van der Waals surface area contributed by atoms with Crippen LogP contribution in [0.25, 0.3) is 0 Å². The summed E-state index contributed by atoms with van der Waals surface area (Å²) in [5, 5.41) is 10.3. The van der Waals surface area contributed by atoms with Crippen LogP contribution in [0.2, 0.25) is 0 Å². The van der Waals surface area contributed by atoms with E-state index in [1.54, 1.807) is 25.4 Å². The van der Waals surface area contributed by atoms with E-state index >= 15 is 0 Å². The fraction of sp³-hybridized carbons (Fsp3) is 0.143. The number of hydrogen-bond acceptors (Lipinski definition) is 2. The minimum atomic E-state index is -1.15. The molecule has 0 spiro atoms. The zero-order chi connectivity index (χ0) is 7.56. The molecule has 3 heteroatoms. The summed E-state index contributed by atoms with van der Waals surface area (Å²) in [6, 6.07) is 4.91. The molecule has 0 amide bonds. The van der Waals surface area contributed by atoms with E-state index in [-0.39, 0.29) is 5.69 Å². The van der Waals surface area contributed by atoms with Gasteiger partial charge in [-0.2, -0.15) is 4.57 Å². The molecule has 10 heavy (non-hydrogen) atoms. The molecule has 3 nitrogen and oxygen atoms in total. The van der Waals surface area contributed by atoms with E-state index in [4.69, 9.17) is 0 Å². The maximum absolute atomic E-state index is 10.3. The highest BCUT2D eigenvalue weighted by Crippen LogP contribution is 1.86. The van der Waals surface area contributed by atoms with E-state index in [1.165, 1.54) is 10.6 Å². The number of aromatic nitrogens is 1. The first-order chi connectivity index (χ1) is 4.72. The molecular weight excluding hydrogens is 130 g/mol. The van der Waals surface area contributed by atoms with Crippen molar-refractivity contribution in [1.82, 2.24) is 0 Å². The Morgan fingerprint density at radius 1 is 1.60 bits per heavy atom. The SMILES string of the molecule is C[n+]1ccccc1C(=O)[O-]. The van der Waals surface area contributed by atoms with Crippen molar-refractivity contribution in [1.29, 1.82) is 0 Å². The van der Waals surface area contributed by atoms with E-state index in [1.807, 2.05) is 0 Å². The molecule has 1 aromatic heterocycles. The minimum Gasteiger partial charge on any atom is -0.539 e. The van der Waals surface area contributed by atoms with Crippen molar-refractivity contribution >= 4 is 5.97 Å². The van der Waals surface area contributed by atoms with E-state index in [2.05, 4.69) is 0 Å². The third kappa shape index (κ3) is 1.13. The molecule has 0 aliphatic rings.